The summed E-state index contributed by atoms with van der Waals surface area (Å²) < 4.78 is 6.14. The highest BCUT2D eigenvalue weighted by molar-refractivity contribution is 9.10. The number of nitrogens with zero attached hydrogens (tertiary/aromatic N) is 1. The number of nitriles is 1. The first-order chi connectivity index (χ1) is 14.6. The average molecular weight is 470 g/mol. The standard InChI is InChI=1S/C23H24BrN3O3/c24-18-10-6-9-17(13-18)21(14-25)26-22(28)19-11-4-5-12-20(19)27-23(29)30-15-16-7-2-1-3-8-16/h1-3,6-10,13,19-21H,4-5,11-12,15H2,(H,26,28)(H,27,29). The highest BCUT2D eigenvalue weighted by Gasteiger charge is 2.33. The normalized spacial score (nSPS) is 19.2. The van der Waals surface area contributed by atoms with Crippen molar-refractivity contribution < 1.29 is 14.3 Å². The molecule has 2 amide bonds. The van der Waals surface area contributed by atoms with Crippen LogP contribution in [0.2, 0.25) is 0 Å². The molecule has 0 aliphatic heterocycles. The van der Waals surface area contributed by atoms with Gasteiger partial charge in [-0.2, -0.15) is 5.26 Å². The summed E-state index contributed by atoms with van der Waals surface area (Å²) in [6.45, 7) is 0.176. The summed E-state index contributed by atoms with van der Waals surface area (Å²) in [6, 6.07) is 17.8. The Hall–Kier alpha value is -2.85. The highest BCUT2D eigenvalue weighted by atomic mass is 79.9. The van der Waals surface area contributed by atoms with Gasteiger partial charge in [-0.3, -0.25) is 4.79 Å². The summed E-state index contributed by atoms with van der Waals surface area (Å²) in [5, 5.41) is 15.2. The molecule has 3 rings (SSSR count). The number of ether oxygens (including phenoxy) is 1. The van der Waals surface area contributed by atoms with E-state index in [1.807, 2.05) is 48.5 Å². The molecule has 1 aliphatic rings. The van der Waals surface area contributed by atoms with Gasteiger partial charge < -0.3 is 15.4 Å². The van der Waals surface area contributed by atoms with Crippen LogP contribution in [-0.4, -0.2) is 18.0 Å². The summed E-state index contributed by atoms with van der Waals surface area (Å²) in [5.41, 5.74) is 1.61. The van der Waals surface area contributed by atoms with Crippen LogP contribution >= 0.6 is 15.9 Å². The van der Waals surface area contributed by atoms with Gasteiger partial charge in [0.15, 0.2) is 0 Å². The Kier molecular flexibility index (Phi) is 7.86. The number of benzene rings is 2. The third kappa shape index (κ3) is 6.07. The predicted molar refractivity (Wildman–Crippen MR) is 116 cm³/mol. The van der Waals surface area contributed by atoms with Crippen LogP contribution in [0.5, 0.6) is 0 Å². The number of halogens is 1. The third-order valence-corrected chi connectivity index (χ3v) is 5.71. The number of hydrogen-bond acceptors (Lipinski definition) is 4. The Balaban J connectivity index is 1.59. The molecule has 2 aromatic carbocycles. The predicted octanol–water partition coefficient (Wildman–Crippen LogP) is 4.62. The van der Waals surface area contributed by atoms with Gasteiger partial charge in [0.1, 0.15) is 12.6 Å². The van der Waals surface area contributed by atoms with Crippen molar-refractivity contribution in [3.8, 4) is 6.07 Å². The van der Waals surface area contributed by atoms with Crippen LogP contribution in [0.25, 0.3) is 0 Å². The van der Waals surface area contributed by atoms with Crippen LogP contribution < -0.4 is 10.6 Å². The van der Waals surface area contributed by atoms with Gasteiger partial charge in [0.25, 0.3) is 0 Å². The zero-order valence-corrected chi connectivity index (χ0v) is 18.1. The minimum Gasteiger partial charge on any atom is -0.445 e. The van der Waals surface area contributed by atoms with E-state index in [9.17, 15) is 14.9 Å². The molecule has 156 valence electrons. The monoisotopic (exact) mass is 469 g/mol. The number of carbonyl (C=O) groups excluding carboxylic acids is 2. The lowest BCUT2D eigenvalue weighted by Gasteiger charge is -2.31. The van der Waals surface area contributed by atoms with Crippen molar-refractivity contribution in [2.24, 2.45) is 5.92 Å². The van der Waals surface area contributed by atoms with Gasteiger partial charge in [-0.15, -0.1) is 0 Å². The first-order valence-corrected chi connectivity index (χ1v) is 10.8. The molecule has 1 saturated carbocycles. The summed E-state index contributed by atoms with van der Waals surface area (Å²) >= 11 is 3.39. The zero-order valence-electron chi connectivity index (χ0n) is 16.5. The topological polar surface area (TPSA) is 91.2 Å². The van der Waals surface area contributed by atoms with E-state index in [0.29, 0.717) is 18.4 Å². The Labute approximate surface area is 184 Å². The van der Waals surface area contributed by atoms with Crippen LogP contribution in [0.3, 0.4) is 0 Å². The molecular weight excluding hydrogens is 446 g/mol. The van der Waals surface area contributed by atoms with Crippen LogP contribution in [0.1, 0.15) is 42.9 Å². The third-order valence-electron chi connectivity index (χ3n) is 5.22. The second-order valence-electron chi connectivity index (χ2n) is 7.33. The van der Waals surface area contributed by atoms with Crippen molar-refractivity contribution in [2.75, 3.05) is 0 Å². The smallest absolute Gasteiger partial charge is 0.407 e. The van der Waals surface area contributed by atoms with Gasteiger partial charge in [-0.25, -0.2) is 4.79 Å². The second-order valence-corrected chi connectivity index (χ2v) is 8.24. The highest BCUT2D eigenvalue weighted by Crippen LogP contribution is 2.26. The molecule has 3 atom stereocenters. The summed E-state index contributed by atoms with van der Waals surface area (Å²) in [5.74, 6) is -0.624. The lowest BCUT2D eigenvalue weighted by atomic mass is 9.83. The maximum absolute atomic E-state index is 12.9. The fourth-order valence-corrected chi connectivity index (χ4v) is 4.08. The van der Waals surface area contributed by atoms with Crippen LogP contribution in [0.15, 0.2) is 59.1 Å². The summed E-state index contributed by atoms with van der Waals surface area (Å²) in [4.78, 5) is 25.2. The van der Waals surface area contributed by atoms with E-state index in [1.165, 1.54) is 0 Å². The van der Waals surface area contributed by atoms with Crippen LogP contribution in [0.4, 0.5) is 4.79 Å². The fourth-order valence-electron chi connectivity index (χ4n) is 3.66. The molecule has 1 fully saturated rings. The van der Waals surface area contributed by atoms with Gasteiger partial charge in [0, 0.05) is 10.5 Å². The molecule has 7 heteroatoms. The average Bonchev–Trinajstić information content (AvgIpc) is 2.77. The number of nitrogens with one attached hydrogen (secondary N) is 2. The molecule has 2 N–H and O–H groups in total. The van der Waals surface area contributed by atoms with E-state index in [0.717, 1.165) is 22.9 Å². The van der Waals surface area contributed by atoms with E-state index in [1.54, 1.807) is 6.07 Å². The largest absolute Gasteiger partial charge is 0.445 e. The molecule has 3 unspecified atom stereocenters. The number of rotatable bonds is 6. The first-order valence-electron chi connectivity index (χ1n) is 9.99. The van der Waals surface area contributed by atoms with E-state index in [2.05, 4.69) is 32.6 Å². The lowest BCUT2D eigenvalue weighted by molar-refractivity contribution is -0.127. The Bertz CT molecular complexity index is 913. The minimum absolute atomic E-state index is 0.176. The van der Waals surface area contributed by atoms with Crippen molar-refractivity contribution in [3.05, 3.63) is 70.2 Å². The van der Waals surface area contributed by atoms with Gasteiger partial charge in [0.05, 0.1) is 12.0 Å². The molecule has 30 heavy (non-hydrogen) atoms. The van der Waals surface area contributed by atoms with Gasteiger partial charge in [0.2, 0.25) is 5.91 Å². The number of alkyl carbamates (subject to hydrolysis) is 1. The number of carbonyl (C=O) groups is 2. The molecule has 2 aromatic rings. The van der Waals surface area contributed by atoms with E-state index >= 15 is 0 Å². The minimum atomic E-state index is -0.748. The van der Waals surface area contributed by atoms with Crippen LogP contribution in [-0.2, 0) is 16.1 Å². The van der Waals surface area contributed by atoms with Gasteiger partial charge in [-0.1, -0.05) is 71.2 Å². The molecular formula is C23H24BrN3O3. The Morgan fingerprint density at radius 2 is 1.90 bits per heavy atom. The van der Waals surface area contributed by atoms with Crippen molar-refractivity contribution in [3.63, 3.8) is 0 Å². The van der Waals surface area contributed by atoms with Gasteiger partial charge in [-0.05, 0) is 36.1 Å². The molecule has 1 aliphatic carbocycles. The van der Waals surface area contributed by atoms with E-state index < -0.39 is 18.1 Å². The van der Waals surface area contributed by atoms with Gasteiger partial charge >= 0.3 is 6.09 Å². The molecule has 0 saturated heterocycles. The maximum atomic E-state index is 12.9. The molecule has 0 aromatic heterocycles. The van der Waals surface area contributed by atoms with E-state index in [-0.39, 0.29) is 18.6 Å². The first kappa shape index (κ1) is 21.8. The number of amides is 2. The van der Waals surface area contributed by atoms with Crippen molar-refractivity contribution in [2.45, 2.75) is 44.4 Å². The van der Waals surface area contributed by atoms with E-state index in [4.69, 9.17) is 4.74 Å². The molecule has 0 bridgehead atoms. The molecule has 0 heterocycles. The Morgan fingerprint density at radius 3 is 2.63 bits per heavy atom. The maximum Gasteiger partial charge on any atom is 0.407 e. The molecule has 6 nitrogen and oxygen atoms in total. The fraction of sp³-hybridized carbons (Fsp3) is 0.348. The summed E-state index contributed by atoms with van der Waals surface area (Å²) in [6.07, 6.45) is 2.66. The van der Waals surface area contributed by atoms with Crippen molar-refractivity contribution in [1.82, 2.24) is 10.6 Å². The molecule has 0 spiro atoms. The summed E-state index contributed by atoms with van der Waals surface area (Å²) in [7, 11) is 0. The second kappa shape index (κ2) is 10.8. The molecule has 0 radical (unpaired) electrons. The van der Waals surface area contributed by atoms with Crippen molar-refractivity contribution >= 4 is 27.9 Å². The van der Waals surface area contributed by atoms with Crippen molar-refractivity contribution in [1.29, 1.82) is 5.26 Å². The zero-order chi connectivity index (χ0) is 21.3. The van der Waals surface area contributed by atoms with Crippen LogP contribution in [0, 0.1) is 17.2 Å². The quantitative estimate of drug-likeness (QED) is 0.645. The number of hydrogen-bond donors (Lipinski definition) is 2. The SMILES string of the molecule is N#CC(NC(=O)C1CCCCC1NC(=O)OCc1ccccc1)c1cccc(Br)c1. The lowest BCUT2D eigenvalue weighted by Crippen LogP contribution is -2.49. The Morgan fingerprint density at radius 1 is 1.13 bits per heavy atom.